The lowest BCUT2D eigenvalue weighted by Gasteiger charge is -2.39. The molecule has 2 aliphatic carbocycles. The molecule has 0 spiro atoms. The van der Waals surface area contributed by atoms with E-state index in [9.17, 15) is 25.1 Å². The van der Waals surface area contributed by atoms with Crippen molar-refractivity contribution in [3.63, 3.8) is 0 Å². The van der Waals surface area contributed by atoms with Gasteiger partial charge >= 0.3 is 11.9 Å². The van der Waals surface area contributed by atoms with Gasteiger partial charge in [0.25, 0.3) is 0 Å². The summed E-state index contributed by atoms with van der Waals surface area (Å²) in [5, 5.41) is 31.2. The first-order valence-corrected chi connectivity index (χ1v) is 8.04. The molecular weight excluding hydrogens is 332 g/mol. The number of hydrogen-bond donors (Lipinski definition) is 3. The molecule has 0 radical (unpaired) electrons. The maximum Gasteiger partial charge on any atom is 0.334 e. The third-order valence-electron chi connectivity index (χ3n) is 5.74. The maximum absolute atomic E-state index is 12.1. The van der Waals surface area contributed by atoms with Gasteiger partial charge in [-0.15, -0.1) is 0 Å². The van der Waals surface area contributed by atoms with E-state index in [-0.39, 0.29) is 5.57 Å². The average molecular weight is 354 g/mol. The first-order valence-electron chi connectivity index (χ1n) is 8.04. The number of fused-ring (bicyclic) bond motifs is 3. The van der Waals surface area contributed by atoms with E-state index in [0.29, 0.717) is 0 Å². The largest absolute Gasteiger partial charge is 0.459 e. The summed E-state index contributed by atoms with van der Waals surface area (Å²) in [7, 11) is 0. The highest BCUT2D eigenvalue weighted by molar-refractivity contribution is 5.91. The lowest BCUT2D eigenvalue weighted by Crippen LogP contribution is -2.54. The molecule has 1 aliphatic heterocycles. The minimum atomic E-state index is -1.73. The highest BCUT2D eigenvalue weighted by Crippen LogP contribution is 2.54. The van der Waals surface area contributed by atoms with Gasteiger partial charge in [0.2, 0.25) is 0 Å². The van der Waals surface area contributed by atoms with Crippen LogP contribution in [-0.2, 0) is 24.0 Å². The second-order valence-corrected chi connectivity index (χ2v) is 7.35. The van der Waals surface area contributed by atoms with Crippen molar-refractivity contribution in [1.29, 1.82) is 0 Å². The first-order chi connectivity index (χ1) is 11.5. The van der Waals surface area contributed by atoms with E-state index in [2.05, 4.69) is 11.5 Å². The van der Waals surface area contributed by atoms with Gasteiger partial charge in [0.1, 0.15) is 23.9 Å². The van der Waals surface area contributed by atoms with Gasteiger partial charge in [-0.05, 0) is 13.8 Å². The van der Waals surface area contributed by atoms with Crippen LogP contribution in [0.3, 0.4) is 0 Å². The van der Waals surface area contributed by atoms with Crippen LogP contribution in [0.25, 0.3) is 0 Å². The van der Waals surface area contributed by atoms with E-state index in [1.165, 1.54) is 13.8 Å². The predicted octanol–water partition coefficient (Wildman–Crippen LogP) is 0.192. The molecule has 3 rings (SSSR count). The van der Waals surface area contributed by atoms with Gasteiger partial charge in [0.15, 0.2) is 0 Å². The zero-order valence-electron chi connectivity index (χ0n) is 14.2. The van der Waals surface area contributed by atoms with Crippen molar-refractivity contribution in [3.8, 4) is 0 Å². The van der Waals surface area contributed by atoms with Gasteiger partial charge in [-0.1, -0.05) is 18.7 Å². The van der Waals surface area contributed by atoms with Crippen molar-refractivity contribution < 1.29 is 39.4 Å². The summed E-state index contributed by atoms with van der Waals surface area (Å²) in [5.74, 6) is -3.65. The van der Waals surface area contributed by atoms with Crippen LogP contribution in [0.5, 0.6) is 0 Å². The zero-order chi connectivity index (χ0) is 18.7. The third kappa shape index (κ3) is 2.43. The lowest BCUT2D eigenvalue weighted by atomic mass is 9.73. The van der Waals surface area contributed by atoms with Crippen LogP contribution < -0.4 is 0 Å². The molecule has 3 aliphatic rings. The normalized spacial score (nSPS) is 48.6. The van der Waals surface area contributed by atoms with Crippen molar-refractivity contribution >= 4 is 11.9 Å². The van der Waals surface area contributed by atoms with E-state index < -0.39 is 59.2 Å². The number of aliphatic hydroxyl groups excluding tert-OH is 1. The van der Waals surface area contributed by atoms with E-state index >= 15 is 0 Å². The van der Waals surface area contributed by atoms with Gasteiger partial charge in [-0.2, -0.15) is 0 Å². The summed E-state index contributed by atoms with van der Waals surface area (Å²) < 4.78 is 10.7. The molecular formula is C17H22O8. The molecule has 1 saturated heterocycles. The minimum Gasteiger partial charge on any atom is -0.459 e. The third-order valence-corrected chi connectivity index (χ3v) is 5.74. The predicted molar refractivity (Wildman–Crippen MR) is 82.9 cm³/mol. The van der Waals surface area contributed by atoms with Crippen molar-refractivity contribution in [3.05, 3.63) is 24.3 Å². The Morgan fingerprint density at radius 1 is 1.40 bits per heavy atom. The highest BCUT2D eigenvalue weighted by atomic mass is 17.1. The molecule has 25 heavy (non-hydrogen) atoms. The fourth-order valence-electron chi connectivity index (χ4n) is 4.41. The number of rotatable bonds is 2. The first kappa shape index (κ1) is 18.1. The molecule has 8 unspecified atom stereocenters. The number of carbonyl (C=O) groups is 2. The molecule has 8 atom stereocenters. The molecule has 0 aromatic rings. The monoisotopic (exact) mass is 354 g/mol. The summed E-state index contributed by atoms with van der Waals surface area (Å²) in [6, 6.07) is 0. The Balaban J connectivity index is 2.16. The van der Waals surface area contributed by atoms with E-state index in [0.717, 1.165) is 0 Å². The quantitative estimate of drug-likeness (QED) is 0.211. The Labute approximate surface area is 144 Å². The maximum atomic E-state index is 12.1. The molecule has 0 aromatic carbocycles. The topological polar surface area (TPSA) is 123 Å². The van der Waals surface area contributed by atoms with E-state index in [1.54, 1.807) is 19.1 Å². The summed E-state index contributed by atoms with van der Waals surface area (Å²) in [5.41, 5.74) is -2.94. The molecule has 138 valence electrons. The Morgan fingerprint density at radius 2 is 2.04 bits per heavy atom. The second-order valence-electron chi connectivity index (χ2n) is 7.35. The Hall–Kier alpha value is -1.74. The molecule has 0 aromatic heterocycles. The molecule has 8 heteroatoms. The summed E-state index contributed by atoms with van der Waals surface area (Å²) in [4.78, 5) is 28.3. The van der Waals surface area contributed by atoms with Crippen LogP contribution in [0.15, 0.2) is 24.3 Å². The van der Waals surface area contributed by atoms with Gasteiger partial charge in [0.05, 0.1) is 11.5 Å². The van der Waals surface area contributed by atoms with Gasteiger partial charge in [-0.3, -0.25) is 10.1 Å². The molecule has 1 heterocycles. The molecule has 1 saturated carbocycles. The molecule has 0 amide bonds. The second kappa shape index (κ2) is 5.63. The summed E-state index contributed by atoms with van der Waals surface area (Å²) in [6.45, 7) is 7.86. The van der Waals surface area contributed by atoms with Crippen LogP contribution in [0.1, 0.15) is 20.8 Å². The SMILES string of the molecule is C=C1C(=O)OC2C1C(OC(C)=O)C(O)C(C)(O)C1C=CC(C)(OO)C21. The Bertz CT molecular complexity index is 653. The molecule has 3 N–H and O–H groups in total. The van der Waals surface area contributed by atoms with Gasteiger partial charge in [-0.25, -0.2) is 9.68 Å². The van der Waals surface area contributed by atoms with Crippen LogP contribution in [0, 0.1) is 17.8 Å². The zero-order valence-corrected chi connectivity index (χ0v) is 14.2. The minimum absolute atomic E-state index is 0.0407. The Morgan fingerprint density at radius 3 is 2.60 bits per heavy atom. The fraction of sp³-hybridized carbons (Fsp3) is 0.647. The van der Waals surface area contributed by atoms with Crippen molar-refractivity contribution in [2.45, 2.75) is 50.3 Å². The van der Waals surface area contributed by atoms with Crippen molar-refractivity contribution in [2.24, 2.45) is 17.8 Å². The lowest BCUT2D eigenvalue weighted by molar-refractivity contribution is -0.324. The van der Waals surface area contributed by atoms with Crippen molar-refractivity contribution in [1.82, 2.24) is 0 Å². The molecule has 2 fully saturated rings. The summed E-state index contributed by atoms with van der Waals surface area (Å²) >= 11 is 0. The molecule has 0 bridgehead atoms. The Kier molecular flexibility index (Phi) is 4.07. The molecule has 8 nitrogen and oxygen atoms in total. The van der Waals surface area contributed by atoms with E-state index in [4.69, 9.17) is 9.47 Å². The van der Waals surface area contributed by atoms with E-state index in [1.807, 2.05) is 0 Å². The van der Waals surface area contributed by atoms with Crippen LogP contribution in [-0.4, -0.2) is 56.9 Å². The van der Waals surface area contributed by atoms with Gasteiger partial charge < -0.3 is 19.7 Å². The van der Waals surface area contributed by atoms with Crippen LogP contribution in [0.2, 0.25) is 0 Å². The number of aliphatic hydroxyl groups is 2. The van der Waals surface area contributed by atoms with Crippen LogP contribution >= 0.6 is 0 Å². The smallest absolute Gasteiger partial charge is 0.334 e. The number of carbonyl (C=O) groups excluding carboxylic acids is 2. The van der Waals surface area contributed by atoms with Crippen LogP contribution in [0.4, 0.5) is 0 Å². The van der Waals surface area contributed by atoms with Crippen molar-refractivity contribution in [2.75, 3.05) is 0 Å². The average Bonchev–Trinajstić information content (AvgIpc) is 3.01. The number of hydrogen-bond acceptors (Lipinski definition) is 8. The highest BCUT2D eigenvalue weighted by Gasteiger charge is 2.66. The fourth-order valence-corrected chi connectivity index (χ4v) is 4.41. The van der Waals surface area contributed by atoms with Gasteiger partial charge in [0, 0.05) is 24.3 Å². The summed E-state index contributed by atoms with van der Waals surface area (Å²) in [6.07, 6.45) is -0.465. The number of esters is 2. The standard InChI is InChI=1S/C17H22O8/c1-7-10-12(24-15(7)20)11-9(5-6-16(11,3)25-22)17(4,21)14(19)13(10)23-8(2)18/h5-6,9-14,19,21-22H,1H2,2-4H3. The number of ether oxygens (including phenoxy) is 2.